The lowest BCUT2D eigenvalue weighted by molar-refractivity contribution is -0.134. The average Bonchev–Trinajstić information content (AvgIpc) is 3.21. The highest BCUT2D eigenvalue weighted by Gasteiger charge is 2.12. The molecule has 0 atom stereocenters. The van der Waals surface area contributed by atoms with Crippen molar-refractivity contribution in [1.29, 1.82) is 0 Å². The lowest BCUT2D eigenvalue weighted by atomic mass is 10.1. The monoisotopic (exact) mass is 409 g/mol. The number of likely N-dealkylation sites (tertiary alicyclic amines) is 1. The first-order chi connectivity index (χ1) is 12.0. The van der Waals surface area contributed by atoms with E-state index in [1.807, 2.05) is 6.20 Å². The molecule has 0 spiro atoms. The van der Waals surface area contributed by atoms with E-state index in [1.165, 1.54) is 43.4 Å². The summed E-state index contributed by atoms with van der Waals surface area (Å²) in [6.45, 7) is 3.70. The summed E-state index contributed by atoms with van der Waals surface area (Å²) in [5.41, 5.74) is 2.37. The number of nitrogens with zero attached hydrogens (tertiary/aromatic N) is 2. The average molecular weight is 410 g/mol. The van der Waals surface area contributed by atoms with Crippen LogP contribution in [-0.2, 0) is 16.0 Å². The largest absolute Gasteiger partial charge is 0.478 e. The van der Waals surface area contributed by atoms with Crippen LogP contribution in [0.5, 0.6) is 0 Å². The number of aliphatic carboxylic acids is 2. The van der Waals surface area contributed by atoms with Crippen molar-refractivity contribution in [3.05, 3.63) is 40.6 Å². The van der Waals surface area contributed by atoms with E-state index in [2.05, 4.69) is 43.1 Å². The number of hydrogen-bond acceptors (Lipinski definition) is 4. The lowest BCUT2D eigenvalue weighted by Gasteiger charge is -2.13. The van der Waals surface area contributed by atoms with Gasteiger partial charge in [0.15, 0.2) is 0 Å². The van der Waals surface area contributed by atoms with Crippen LogP contribution >= 0.6 is 15.9 Å². The summed E-state index contributed by atoms with van der Waals surface area (Å²) < 4.78 is 1.05. The van der Waals surface area contributed by atoms with Gasteiger partial charge in [-0.2, -0.15) is 0 Å². The summed E-state index contributed by atoms with van der Waals surface area (Å²) in [7, 11) is 0. The number of halogens is 1. The molecule has 3 rings (SSSR count). The first-order valence-electron chi connectivity index (χ1n) is 7.93. The molecule has 0 bridgehead atoms. The van der Waals surface area contributed by atoms with E-state index in [4.69, 9.17) is 10.2 Å². The molecule has 7 nitrogen and oxygen atoms in total. The Morgan fingerprint density at radius 1 is 1.24 bits per heavy atom. The standard InChI is InChI=1S/C13H16BrN3.C4H4O4/c14-11-7-12-10(8-15-13(12)16-9-11)3-6-17-4-1-2-5-17;5-3(6)1-2-4(7)8/h7-9H,1-6H2,(H,15,16);1-2H,(H,5,6)(H,7,8)/b;2-1+. The number of rotatable bonds is 5. The molecule has 1 aliphatic heterocycles. The van der Waals surface area contributed by atoms with Gasteiger partial charge in [0, 0.05) is 40.9 Å². The fourth-order valence-electron chi connectivity index (χ4n) is 2.67. The number of carboxylic acids is 2. The van der Waals surface area contributed by atoms with Gasteiger partial charge in [0.1, 0.15) is 5.65 Å². The van der Waals surface area contributed by atoms with Crippen molar-refractivity contribution < 1.29 is 19.8 Å². The fraction of sp³-hybridized carbons (Fsp3) is 0.353. The molecular formula is C17H20BrN3O4. The van der Waals surface area contributed by atoms with Crippen LogP contribution in [0.1, 0.15) is 18.4 Å². The minimum atomic E-state index is -1.26. The van der Waals surface area contributed by atoms with Gasteiger partial charge in [-0.3, -0.25) is 0 Å². The van der Waals surface area contributed by atoms with Crippen LogP contribution in [0.3, 0.4) is 0 Å². The molecule has 0 saturated carbocycles. The van der Waals surface area contributed by atoms with E-state index >= 15 is 0 Å². The van der Waals surface area contributed by atoms with Gasteiger partial charge in [-0.25, -0.2) is 14.6 Å². The molecule has 0 aliphatic carbocycles. The number of carboxylic acid groups (broad SMARTS) is 2. The second kappa shape index (κ2) is 9.33. The maximum atomic E-state index is 9.55. The number of aromatic amines is 1. The predicted molar refractivity (Wildman–Crippen MR) is 97.6 cm³/mol. The van der Waals surface area contributed by atoms with Crippen LogP contribution in [-0.4, -0.2) is 56.7 Å². The number of fused-ring (bicyclic) bond motifs is 1. The van der Waals surface area contributed by atoms with E-state index in [0.29, 0.717) is 12.2 Å². The Kier molecular flexibility index (Phi) is 7.15. The van der Waals surface area contributed by atoms with Crippen molar-refractivity contribution in [2.45, 2.75) is 19.3 Å². The Bertz CT molecular complexity index is 750. The van der Waals surface area contributed by atoms with Gasteiger partial charge in [-0.05, 0) is 59.9 Å². The molecule has 3 N–H and O–H groups in total. The van der Waals surface area contributed by atoms with Gasteiger partial charge < -0.3 is 20.1 Å². The van der Waals surface area contributed by atoms with Crippen LogP contribution in [0.2, 0.25) is 0 Å². The normalized spacial score (nSPS) is 14.6. The number of H-pyrrole nitrogens is 1. The smallest absolute Gasteiger partial charge is 0.328 e. The maximum absolute atomic E-state index is 9.55. The molecule has 1 aliphatic rings. The minimum Gasteiger partial charge on any atom is -0.478 e. The lowest BCUT2D eigenvalue weighted by Crippen LogP contribution is -2.21. The highest BCUT2D eigenvalue weighted by atomic mass is 79.9. The summed E-state index contributed by atoms with van der Waals surface area (Å²) in [6.07, 6.45) is 8.88. The summed E-state index contributed by atoms with van der Waals surface area (Å²) in [5.74, 6) is -2.51. The van der Waals surface area contributed by atoms with Gasteiger partial charge in [0.05, 0.1) is 0 Å². The van der Waals surface area contributed by atoms with Crippen molar-refractivity contribution >= 4 is 38.9 Å². The summed E-state index contributed by atoms with van der Waals surface area (Å²) >= 11 is 3.48. The second-order valence-corrected chi connectivity index (χ2v) is 6.59. The highest BCUT2D eigenvalue weighted by molar-refractivity contribution is 9.10. The Morgan fingerprint density at radius 2 is 1.88 bits per heavy atom. The van der Waals surface area contributed by atoms with Crippen LogP contribution in [0.25, 0.3) is 11.0 Å². The van der Waals surface area contributed by atoms with Crippen molar-refractivity contribution in [1.82, 2.24) is 14.9 Å². The van der Waals surface area contributed by atoms with Crippen LogP contribution in [0.4, 0.5) is 0 Å². The number of nitrogens with one attached hydrogen (secondary N) is 1. The van der Waals surface area contributed by atoms with Gasteiger partial charge >= 0.3 is 11.9 Å². The molecule has 134 valence electrons. The van der Waals surface area contributed by atoms with E-state index in [9.17, 15) is 9.59 Å². The molecule has 3 heterocycles. The summed E-state index contributed by atoms with van der Waals surface area (Å²) in [5, 5.41) is 16.9. The molecule has 0 unspecified atom stereocenters. The minimum absolute atomic E-state index is 0.558. The quantitative estimate of drug-likeness (QED) is 0.655. The number of pyridine rings is 1. The number of hydrogen-bond donors (Lipinski definition) is 3. The van der Waals surface area contributed by atoms with Crippen LogP contribution in [0, 0.1) is 0 Å². The number of carbonyl (C=O) groups is 2. The van der Waals surface area contributed by atoms with E-state index in [0.717, 1.165) is 16.5 Å². The zero-order valence-electron chi connectivity index (χ0n) is 13.6. The number of aromatic nitrogens is 2. The Balaban J connectivity index is 0.000000242. The molecule has 0 amide bonds. The van der Waals surface area contributed by atoms with Crippen molar-refractivity contribution in [2.24, 2.45) is 0 Å². The molecule has 25 heavy (non-hydrogen) atoms. The van der Waals surface area contributed by atoms with Gasteiger partial charge in [-0.15, -0.1) is 0 Å². The van der Waals surface area contributed by atoms with Crippen LogP contribution in [0.15, 0.2) is 35.1 Å². The molecular weight excluding hydrogens is 390 g/mol. The summed E-state index contributed by atoms with van der Waals surface area (Å²) in [6, 6.07) is 2.15. The first-order valence-corrected chi connectivity index (χ1v) is 8.73. The third kappa shape index (κ3) is 6.32. The predicted octanol–water partition coefficient (Wildman–Crippen LogP) is 2.68. The zero-order chi connectivity index (χ0) is 18.2. The third-order valence-corrected chi connectivity index (χ3v) is 4.28. The first kappa shape index (κ1) is 19.1. The molecule has 2 aromatic rings. The van der Waals surface area contributed by atoms with Gasteiger partial charge in [-0.1, -0.05) is 0 Å². The van der Waals surface area contributed by atoms with Gasteiger partial charge in [0.25, 0.3) is 0 Å². The van der Waals surface area contributed by atoms with E-state index in [-0.39, 0.29) is 0 Å². The molecule has 1 fully saturated rings. The molecule has 0 radical (unpaired) electrons. The SMILES string of the molecule is Brc1cnc2[nH]cc(CCN3CCCC3)c2c1.O=C(O)/C=C/C(=O)O. The third-order valence-electron chi connectivity index (χ3n) is 3.85. The summed E-state index contributed by atoms with van der Waals surface area (Å²) in [4.78, 5) is 29.3. The van der Waals surface area contributed by atoms with E-state index < -0.39 is 11.9 Å². The Hall–Kier alpha value is -2.19. The molecule has 0 aromatic carbocycles. The van der Waals surface area contributed by atoms with Crippen molar-refractivity contribution in [3.63, 3.8) is 0 Å². The van der Waals surface area contributed by atoms with Crippen molar-refractivity contribution in [2.75, 3.05) is 19.6 Å². The molecule has 1 saturated heterocycles. The fourth-order valence-corrected chi connectivity index (χ4v) is 3.00. The van der Waals surface area contributed by atoms with E-state index in [1.54, 1.807) is 0 Å². The Labute approximate surface area is 153 Å². The molecule has 2 aromatic heterocycles. The topological polar surface area (TPSA) is 107 Å². The zero-order valence-corrected chi connectivity index (χ0v) is 15.2. The molecule has 8 heteroatoms. The highest BCUT2D eigenvalue weighted by Crippen LogP contribution is 2.21. The van der Waals surface area contributed by atoms with Crippen molar-refractivity contribution in [3.8, 4) is 0 Å². The van der Waals surface area contributed by atoms with Gasteiger partial charge in [0.2, 0.25) is 0 Å². The second-order valence-electron chi connectivity index (χ2n) is 5.67. The van der Waals surface area contributed by atoms with Crippen LogP contribution < -0.4 is 0 Å². The Morgan fingerprint density at radius 3 is 2.48 bits per heavy atom. The maximum Gasteiger partial charge on any atom is 0.328 e.